The predicted octanol–water partition coefficient (Wildman–Crippen LogP) is 2.36. The van der Waals surface area contributed by atoms with Crippen molar-refractivity contribution in [3.8, 4) is 0 Å². The van der Waals surface area contributed by atoms with E-state index in [2.05, 4.69) is 0 Å². The second-order valence-corrected chi connectivity index (χ2v) is 7.41. The first-order chi connectivity index (χ1) is 9.41. The molecule has 4 nitrogen and oxygen atoms in total. The van der Waals surface area contributed by atoms with Crippen molar-refractivity contribution in [1.29, 1.82) is 0 Å². The van der Waals surface area contributed by atoms with Crippen molar-refractivity contribution in [2.75, 3.05) is 6.54 Å². The maximum atomic E-state index is 12.8. The van der Waals surface area contributed by atoms with E-state index in [1.807, 2.05) is 26.8 Å². The molecule has 0 aromatic heterocycles. The molecule has 0 radical (unpaired) electrons. The molecule has 0 heterocycles. The lowest BCUT2D eigenvalue weighted by Crippen LogP contribution is -2.34. The molecule has 5 heteroatoms. The van der Waals surface area contributed by atoms with E-state index >= 15 is 0 Å². The summed E-state index contributed by atoms with van der Waals surface area (Å²) in [6, 6.07) is 3.64. The number of hydrogen-bond acceptors (Lipinski definition) is 3. The number of sulfonamides is 1. The van der Waals surface area contributed by atoms with Crippen LogP contribution in [0, 0.1) is 13.8 Å². The monoisotopic (exact) mass is 297 g/mol. The molecule has 0 spiro atoms. The van der Waals surface area contributed by atoms with Crippen molar-refractivity contribution >= 4 is 10.0 Å². The lowest BCUT2D eigenvalue weighted by Gasteiger charge is -2.23. The van der Waals surface area contributed by atoms with Gasteiger partial charge in [0, 0.05) is 12.6 Å². The molecule has 0 atom stereocenters. The lowest BCUT2D eigenvalue weighted by atomic mass is 10.1. The van der Waals surface area contributed by atoms with Gasteiger partial charge in [0.15, 0.2) is 0 Å². The van der Waals surface area contributed by atoms with Crippen LogP contribution in [-0.2, 0) is 16.6 Å². The van der Waals surface area contributed by atoms with Crippen LogP contribution in [0.2, 0.25) is 0 Å². The lowest BCUT2D eigenvalue weighted by molar-refractivity contribution is 0.280. The summed E-state index contributed by atoms with van der Waals surface area (Å²) >= 11 is 0. The number of aliphatic hydroxyl groups is 1. The average molecular weight is 297 g/mol. The van der Waals surface area contributed by atoms with Crippen LogP contribution in [0.15, 0.2) is 17.0 Å². The van der Waals surface area contributed by atoms with Gasteiger partial charge in [-0.05, 0) is 55.9 Å². The third-order valence-corrected chi connectivity index (χ3v) is 5.88. The molecule has 112 valence electrons. The van der Waals surface area contributed by atoms with Gasteiger partial charge in [0.05, 0.1) is 11.5 Å². The SMILES string of the molecule is CCCN(C1CC1)S(=O)(=O)c1cc(CO)c(C)cc1C. The van der Waals surface area contributed by atoms with Crippen LogP contribution in [0.4, 0.5) is 0 Å². The summed E-state index contributed by atoms with van der Waals surface area (Å²) in [6.07, 6.45) is 2.72. The third-order valence-electron chi connectivity index (χ3n) is 3.79. The number of aryl methyl sites for hydroxylation is 2. The Morgan fingerprint density at radius 2 is 1.90 bits per heavy atom. The maximum Gasteiger partial charge on any atom is 0.243 e. The fourth-order valence-electron chi connectivity index (χ4n) is 2.53. The molecule has 0 aliphatic heterocycles. The van der Waals surface area contributed by atoms with Crippen LogP contribution in [0.5, 0.6) is 0 Å². The van der Waals surface area contributed by atoms with Gasteiger partial charge in [-0.25, -0.2) is 8.42 Å². The molecule has 1 aromatic carbocycles. The van der Waals surface area contributed by atoms with Crippen LogP contribution < -0.4 is 0 Å². The van der Waals surface area contributed by atoms with E-state index in [0.717, 1.165) is 30.4 Å². The van der Waals surface area contributed by atoms with Crippen molar-refractivity contribution in [1.82, 2.24) is 4.31 Å². The summed E-state index contributed by atoms with van der Waals surface area (Å²) in [5.74, 6) is 0. The van der Waals surface area contributed by atoms with Gasteiger partial charge >= 0.3 is 0 Å². The fraction of sp³-hybridized carbons (Fsp3) is 0.600. The van der Waals surface area contributed by atoms with Gasteiger partial charge in [0.2, 0.25) is 10.0 Å². The van der Waals surface area contributed by atoms with Crippen LogP contribution >= 0.6 is 0 Å². The highest BCUT2D eigenvalue weighted by molar-refractivity contribution is 7.89. The van der Waals surface area contributed by atoms with Crippen molar-refractivity contribution in [3.63, 3.8) is 0 Å². The largest absolute Gasteiger partial charge is 0.392 e. The van der Waals surface area contributed by atoms with E-state index < -0.39 is 10.0 Å². The van der Waals surface area contributed by atoms with Crippen molar-refractivity contribution in [2.24, 2.45) is 0 Å². The smallest absolute Gasteiger partial charge is 0.243 e. The van der Waals surface area contributed by atoms with E-state index in [9.17, 15) is 13.5 Å². The van der Waals surface area contributed by atoms with E-state index in [1.54, 1.807) is 10.4 Å². The van der Waals surface area contributed by atoms with Gasteiger partial charge in [-0.15, -0.1) is 0 Å². The molecule has 0 unspecified atom stereocenters. The number of rotatable bonds is 6. The molecular formula is C15H23NO3S. The molecule has 0 saturated heterocycles. The summed E-state index contributed by atoms with van der Waals surface area (Å²) in [5, 5.41) is 9.35. The van der Waals surface area contributed by atoms with E-state index in [0.29, 0.717) is 17.0 Å². The van der Waals surface area contributed by atoms with Gasteiger partial charge in [-0.1, -0.05) is 13.0 Å². The Bertz CT molecular complexity index is 591. The molecule has 1 aliphatic rings. The summed E-state index contributed by atoms with van der Waals surface area (Å²) in [6.45, 7) is 6.13. The first-order valence-electron chi connectivity index (χ1n) is 7.14. The van der Waals surface area contributed by atoms with Gasteiger partial charge in [0.1, 0.15) is 0 Å². The third kappa shape index (κ3) is 2.90. The molecule has 2 rings (SSSR count). The van der Waals surface area contributed by atoms with E-state index in [4.69, 9.17) is 0 Å². The van der Waals surface area contributed by atoms with Gasteiger partial charge in [-0.2, -0.15) is 4.31 Å². The molecule has 20 heavy (non-hydrogen) atoms. The Morgan fingerprint density at radius 3 is 2.40 bits per heavy atom. The van der Waals surface area contributed by atoms with E-state index in [-0.39, 0.29) is 12.6 Å². The molecule has 1 saturated carbocycles. The maximum absolute atomic E-state index is 12.8. The highest BCUT2D eigenvalue weighted by Crippen LogP contribution is 2.33. The molecule has 0 amide bonds. The second-order valence-electron chi connectivity index (χ2n) is 5.55. The summed E-state index contributed by atoms with van der Waals surface area (Å²) in [4.78, 5) is 0.340. The van der Waals surface area contributed by atoms with Crippen LogP contribution in [0.25, 0.3) is 0 Å². The van der Waals surface area contributed by atoms with Crippen LogP contribution in [0.1, 0.15) is 42.9 Å². The number of aliphatic hydroxyl groups excluding tert-OH is 1. The highest BCUT2D eigenvalue weighted by Gasteiger charge is 2.38. The average Bonchev–Trinajstić information content (AvgIpc) is 3.19. The topological polar surface area (TPSA) is 57.6 Å². The molecule has 1 N–H and O–H groups in total. The quantitative estimate of drug-likeness (QED) is 0.877. The zero-order valence-electron chi connectivity index (χ0n) is 12.4. The van der Waals surface area contributed by atoms with Crippen LogP contribution in [0.3, 0.4) is 0 Å². The Hall–Kier alpha value is -0.910. The van der Waals surface area contributed by atoms with E-state index in [1.165, 1.54) is 0 Å². The zero-order valence-corrected chi connectivity index (χ0v) is 13.2. The fourth-order valence-corrected chi connectivity index (χ4v) is 4.57. The molecule has 1 fully saturated rings. The standard InChI is InChI=1S/C15H23NO3S/c1-4-7-16(14-5-6-14)20(18,19)15-9-13(10-17)11(2)8-12(15)3/h8-9,14,17H,4-7,10H2,1-3H3. The Kier molecular flexibility index (Phi) is 4.52. The van der Waals surface area contributed by atoms with Crippen molar-refractivity contribution < 1.29 is 13.5 Å². The minimum atomic E-state index is -3.46. The zero-order chi connectivity index (χ0) is 14.9. The Balaban J connectivity index is 2.47. The predicted molar refractivity (Wildman–Crippen MR) is 79.0 cm³/mol. The summed E-state index contributed by atoms with van der Waals surface area (Å²) in [5.41, 5.74) is 2.36. The van der Waals surface area contributed by atoms with Gasteiger partial charge < -0.3 is 5.11 Å². The molecule has 0 bridgehead atoms. The number of nitrogens with zero attached hydrogens (tertiary/aromatic N) is 1. The summed E-state index contributed by atoms with van der Waals surface area (Å²) < 4.78 is 27.3. The number of benzene rings is 1. The Morgan fingerprint density at radius 1 is 1.25 bits per heavy atom. The van der Waals surface area contributed by atoms with Crippen molar-refractivity contribution in [3.05, 3.63) is 28.8 Å². The minimum Gasteiger partial charge on any atom is -0.392 e. The van der Waals surface area contributed by atoms with Gasteiger partial charge in [0.25, 0.3) is 0 Å². The van der Waals surface area contributed by atoms with Crippen LogP contribution in [-0.4, -0.2) is 30.4 Å². The highest BCUT2D eigenvalue weighted by atomic mass is 32.2. The number of hydrogen-bond donors (Lipinski definition) is 1. The molecule has 1 aromatic rings. The molecular weight excluding hydrogens is 274 g/mol. The van der Waals surface area contributed by atoms with Crippen molar-refractivity contribution in [2.45, 2.75) is 57.6 Å². The minimum absolute atomic E-state index is 0.133. The second kappa shape index (κ2) is 5.84. The normalized spacial score (nSPS) is 15.8. The Labute approximate surface area is 121 Å². The van der Waals surface area contributed by atoms with Gasteiger partial charge in [-0.3, -0.25) is 0 Å². The first kappa shape index (κ1) is 15.5. The molecule has 1 aliphatic carbocycles. The summed E-state index contributed by atoms with van der Waals surface area (Å²) in [7, 11) is -3.46. The first-order valence-corrected chi connectivity index (χ1v) is 8.58.